The molecule has 0 unspecified atom stereocenters. The summed E-state index contributed by atoms with van der Waals surface area (Å²) in [5.41, 5.74) is 8.73. The molecule has 0 spiro atoms. The van der Waals surface area contributed by atoms with Crippen molar-refractivity contribution in [1.82, 2.24) is 5.32 Å². The van der Waals surface area contributed by atoms with E-state index in [9.17, 15) is 0 Å². The minimum Gasteiger partial charge on any atom is -0.493 e. The first kappa shape index (κ1) is 14.4. The molecule has 0 aromatic heterocycles. The third kappa shape index (κ3) is 4.22. The summed E-state index contributed by atoms with van der Waals surface area (Å²) in [6.07, 6.45) is 3.26. The van der Waals surface area contributed by atoms with Gasteiger partial charge in [0.2, 0.25) is 0 Å². The van der Waals surface area contributed by atoms with Crippen molar-refractivity contribution in [2.75, 3.05) is 26.2 Å². The van der Waals surface area contributed by atoms with Gasteiger partial charge in [-0.1, -0.05) is 26.0 Å². The van der Waals surface area contributed by atoms with Crippen molar-refractivity contribution in [2.45, 2.75) is 33.1 Å². The minimum absolute atomic E-state index is 0.248. The second-order valence-electron chi connectivity index (χ2n) is 6.16. The predicted molar refractivity (Wildman–Crippen MR) is 79.7 cm³/mol. The van der Waals surface area contributed by atoms with E-state index in [0.717, 1.165) is 51.3 Å². The second kappa shape index (κ2) is 6.40. The van der Waals surface area contributed by atoms with Gasteiger partial charge in [0.15, 0.2) is 0 Å². The van der Waals surface area contributed by atoms with E-state index >= 15 is 0 Å². The van der Waals surface area contributed by atoms with E-state index in [1.165, 1.54) is 11.1 Å². The lowest BCUT2D eigenvalue weighted by Crippen LogP contribution is -2.29. The van der Waals surface area contributed by atoms with Crippen LogP contribution in [0.1, 0.15) is 31.4 Å². The molecule has 0 fully saturated rings. The lowest BCUT2D eigenvalue weighted by molar-refractivity contribution is 0.340. The molecular formula is C16H26N2O. The molecule has 3 N–H and O–H groups in total. The van der Waals surface area contributed by atoms with Gasteiger partial charge in [0.1, 0.15) is 5.75 Å². The van der Waals surface area contributed by atoms with E-state index in [1.807, 2.05) is 0 Å². The summed E-state index contributed by atoms with van der Waals surface area (Å²) in [6, 6.07) is 6.57. The number of hydrogen-bond acceptors (Lipinski definition) is 3. The fourth-order valence-corrected chi connectivity index (χ4v) is 2.28. The number of nitrogens with one attached hydrogen (secondary N) is 1. The largest absolute Gasteiger partial charge is 0.493 e. The van der Waals surface area contributed by atoms with Gasteiger partial charge in [0.25, 0.3) is 0 Å². The molecule has 0 amide bonds. The lowest BCUT2D eigenvalue weighted by Gasteiger charge is -2.22. The van der Waals surface area contributed by atoms with Gasteiger partial charge in [-0.3, -0.25) is 0 Å². The van der Waals surface area contributed by atoms with Crippen molar-refractivity contribution in [1.29, 1.82) is 0 Å². The molecule has 0 aliphatic carbocycles. The third-order valence-corrected chi connectivity index (χ3v) is 3.88. The Morgan fingerprint density at radius 3 is 2.95 bits per heavy atom. The molecule has 0 radical (unpaired) electrons. The van der Waals surface area contributed by atoms with Gasteiger partial charge in [-0.2, -0.15) is 0 Å². The van der Waals surface area contributed by atoms with Gasteiger partial charge in [-0.05, 0) is 55.1 Å². The zero-order chi connectivity index (χ0) is 13.7. The Labute approximate surface area is 116 Å². The van der Waals surface area contributed by atoms with Crippen molar-refractivity contribution in [3.8, 4) is 5.75 Å². The Bertz CT molecular complexity index is 415. The van der Waals surface area contributed by atoms with Crippen LogP contribution in [0, 0.1) is 5.41 Å². The van der Waals surface area contributed by atoms with Crippen LogP contribution in [0.5, 0.6) is 5.75 Å². The number of ether oxygens (including phenoxy) is 1. The molecule has 1 aliphatic heterocycles. The maximum absolute atomic E-state index is 5.72. The van der Waals surface area contributed by atoms with Gasteiger partial charge in [0.05, 0.1) is 6.61 Å². The molecule has 0 bridgehead atoms. The lowest BCUT2D eigenvalue weighted by atomic mass is 9.90. The van der Waals surface area contributed by atoms with E-state index in [0.29, 0.717) is 0 Å². The zero-order valence-corrected chi connectivity index (χ0v) is 12.2. The average molecular weight is 262 g/mol. The Balaban J connectivity index is 1.69. The fourth-order valence-electron chi connectivity index (χ4n) is 2.28. The molecule has 3 heteroatoms. The molecule has 2 rings (SSSR count). The highest BCUT2D eigenvalue weighted by atomic mass is 16.5. The number of benzene rings is 1. The highest BCUT2D eigenvalue weighted by Gasteiger charge is 2.14. The number of fused-ring (bicyclic) bond motifs is 1. The normalized spacial score (nSPS) is 14.3. The van der Waals surface area contributed by atoms with Gasteiger partial charge in [-0.15, -0.1) is 0 Å². The molecule has 19 heavy (non-hydrogen) atoms. The van der Waals surface area contributed by atoms with E-state index in [2.05, 4.69) is 37.4 Å². The Morgan fingerprint density at radius 2 is 2.16 bits per heavy atom. The van der Waals surface area contributed by atoms with Crippen LogP contribution >= 0.6 is 0 Å². The molecule has 1 heterocycles. The first-order valence-electron chi connectivity index (χ1n) is 7.26. The summed E-state index contributed by atoms with van der Waals surface area (Å²) in [7, 11) is 0. The van der Waals surface area contributed by atoms with E-state index in [4.69, 9.17) is 10.5 Å². The first-order chi connectivity index (χ1) is 9.11. The maximum Gasteiger partial charge on any atom is 0.122 e. The smallest absolute Gasteiger partial charge is 0.122 e. The maximum atomic E-state index is 5.72. The van der Waals surface area contributed by atoms with Crippen LogP contribution in [0.15, 0.2) is 18.2 Å². The average Bonchev–Trinajstić information content (AvgIpc) is 2.85. The van der Waals surface area contributed by atoms with Crippen LogP contribution in [-0.4, -0.2) is 26.2 Å². The molecular weight excluding hydrogens is 236 g/mol. The Hall–Kier alpha value is -1.06. The minimum atomic E-state index is 0.248. The molecule has 1 aliphatic rings. The second-order valence-corrected chi connectivity index (χ2v) is 6.16. The fraction of sp³-hybridized carbons (Fsp3) is 0.625. The van der Waals surface area contributed by atoms with Crippen LogP contribution in [0.4, 0.5) is 0 Å². The van der Waals surface area contributed by atoms with Crippen LogP contribution in [-0.2, 0) is 12.8 Å². The highest BCUT2D eigenvalue weighted by molar-refractivity contribution is 5.39. The summed E-state index contributed by atoms with van der Waals surface area (Å²) in [5.74, 6) is 1.07. The van der Waals surface area contributed by atoms with Gasteiger partial charge in [0, 0.05) is 6.42 Å². The van der Waals surface area contributed by atoms with Crippen molar-refractivity contribution < 1.29 is 4.74 Å². The quantitative estimate of drug-likeness (QED) is 0.740. The highest BCUT2D eigenvalue weighted by Crippen LogP contribution is 2.25. The van der Waals surface area contributed by atoms with E-state index in [-0.39, 0.29) is 5.41 Å². The zero-order valence-electron chi connectivity index (χ0n) is 12.2. The van der Waals surface area contributed by atoms with Crippen LogP contribution in [0.25, 0.3) is 0 Å². The van der Waals surface area contributed by atoms with Crippen molar-refractivity contribution in [3.05, 3.63) is 29.3 Å². The Morgan fingerprint density at radius 1 is 1.32 bits per heavy atom. The molecule has 0 atom stereocenters. The number of nitrogens with two attached hydrogens (primary N) is 1. The Kier molecular flexibility index (Phi) is 4.83. The molecule has 106 valence electrons. The topological polar surface area (TPSA) is 47.3 Å². The van der Waals surface area contributed by atoms with Gasteiger partial charge < -0.3 is 15.8 Å². The summed E-state index contributed by atoms with van der Waals surface area (Å²) < 4.78 is 5.52. The van der Waals surface area contributed by atoms with Crippen LogP contribution in [0.3, 0.4) is 0 Å². The number of hydrogen-bond donors (Lipinski definition) is 2. The molecule has 1 aromatic carbocycles. The molecule has 0 saturated carbocycles. The van der Waals surface area contributed by atoms with Crippen molar-refractivity contribution >= 4 is 0 Å². The first-order valence-corrected chi connectivity index (χ1v) is 7.26. The van der Waals surface area contributed by atoms with E-state index < -0.39 is 0 Å². The van der Waals surface area contributed by atoms with Crippen molar-refractivity contribution in [2.24, 2.45) is 11.1 Å². The molecule has 0 saturated heterocycles. The standard InChI is InChI=1S/C16H26N2O/c1-16(2,12-17)7-9-18-8-5-13-3-4-15-14(11-13)6-10-19-15/h3-4,11,18H,5-10,12,17H2,1-2H3. The van der Waals surface area contributed by atoms with E-state index in [1.54, 1.807) is 0 Å². The van der Waals surface area contributed by atoms with Gasteiger partial charge >= 0.3 is 0 Å². The summed E-state index contributed by atoms with van der Waals surface area (Å²) in [6.45, 7) is 8.09. The molecule has 3 nitrogen and oxygen atoms in total. The van der Waals surface area contributed by atoms with Gasteiger partial charge in [-0.25, -0.2) is 0 Å². The SMILES string of the molecule is CC(C)(CN)CCNCCc1ccc2c(c1)CCO2. The predicted octanol–water partition coefficient (Wildman–Crippen LogP) is 2.13. The summed E-state index contributed by atoms with van der Waals surface area (Å²) >= 11 is 0. The van der Waals surface area contributed by atoms with Crippen LogP contribution in [0.2, 0.25) is 0 Å². The summed E-state index contributed by atoms with van der Waals surface area (Å²) in [5, 5.41) is 3.51. The third-order valence-electron chi connectivity index (χ3n) is 3.88. The molecule has 1 aromatic rings. The van der Waals surface area contributed by atoms with Crippen LogP contribution < -0.4 is 15.8 Å². The number of rotatable bonds is 7. The van der Waals surface area contributed by atoms with Crippen molar-refractivity contribution in [3.63, 3.8) is 0 Å². The summed E-state index contributed by atoms with van der Waals surface area (Å²) in [4.78, 5) is 0. The monoisotopic (exact) mass is 262 g/mol.